The highest BCUT2D eigenvalue weighted by Gasteiger charge is 2.22. The molecule has 0 aromatic heterocycles. The highest BCUT2D eigenvalue weighted by molar-refractivity contribution is 5.24. The van der Waals surface area contributed by atoms with Gasteiger partial charge < -0.3 is 5.32 Å². The summed E-state index contributed by atoms with van der Waals surface area (Å²) in [6, 6.07) is 6.29. The Bertz CT molecular complexity index is 392. The lowest BCUT2D eigenvalue weighted by atomic mass is 10.1. The van der Waals surface area contributed by atoms with E-state index in [0.29, 0.717) is 18.6 Å². The van der Waals surface area contributed by atoms with Crippen LogP contribution in [0.4, 0.5) is 4.39 Å². The van der Waals surface area contributed by atoms with Crippen LogP contribution < -0.4 is 5.32 Å². The molecule has 0 bridgehead atoms. The van der Waals surface area contributed by atoms with E-state index in [4.69, 9.17) is 0 Å². The summed E-state index contributed by atoms with van der Waals surface area (Å²) in [4.78, 5) is 2.35. The van der Waals surface area contributed by atoms with Crippen LogP contribution >= 0.6 is 0 Å². The first-order valence-electron chi connectivity index (χ1n) is 6.28. The minimum atomic E-state index is -0.0889. The number of benzene rings is 1. The van der Waals surface area contributed by atoms with Gasteiger partial charge in [0.25, 0.3) is 0 Å². The van der Waals surface area contributed by atoms with E-state index in [1.165, 1.54) is 0 Å². The standard InChI is InChI=1S/C14H21FN2/c1-10-4-5-14(15)13(6-10)9-17-8-11(2)16-7-12(17)3/h4-6,11-12,16H,7-9H2,1-3H3. The van der Waals surface area contributed by atoms with Crippen molar-refractivity contribution in [2.75, 3.05) is 13.1 Å². The Labute approximate surface area is 103 Å². The number of nitrogens with zero attached hydrogens (tertiary/aromatic N) is 1. The van der Waals surface area contributed by atoms with Crippen molar-refractivity contribution in [3.8, 4) is 0 Å². The molecular weight excluding hydrogens is 215 g/mol. The van der Waals surface area contributed by atoms with E-state index in [0.717, 1.165) is 24.2 Å². The highest BCUT2D eigenvalue weighted by Crippen LogP contribution is 2.16. The third-order valence-corrected chi connectivity index (χ3v) is 3.47. The van der Waals surface area contributed by atoms with Gasteiger partial charge in [0.05, 0.1) is 0 Å². The molecule has 1 aliphatic rings. The van der Waals surface area contributed by atoms with Crippen LogP contribution in [0.2, 0.25) is 0 Å². The van der Waals surface area contributed by atoms with Crippen LogP contribution in [0, 0.1) is 12.7 Å². The first-order chi connectivity index (χ1) is 8.06. The van der Waals surface area contributed by atoms with Crippen molar-refractivity contribution < 1.29 is 4.39 Å². The first-order valence-corrected chi connectivity index (χ1v) is 6.28. The molecule has 1 heterocycles. The minimum absolute atomic E-state index is 0.0889. The number of rotatable bonds is 2. The molecule has 94 valence electrons. The number of hydrogen-bond donors (Lipinski definition) is 1. The lowest BCUT2D eigenvalue weighted by Crippen LogP contribution is -2.53. The zero-order valence-electron chi connectivity index (χ0n) is 10.8. The Morgan fingerprint density at radius 3 is 2.94 bits per heavy atom. The Kier molecular flexibility index (Phi) is 3.79. The van der Waals surface area contributed by atoms with Gasteiger partial charge in [-0.25, -0.2) is 4.39 Å². The second-order valence-corrected chi connectivity index (χ2v) is 5.18. The number of aryl methyl sites for hydroxylation is 1. The van der Waals surface area contributed by atoms with E-state index >= 15 is 0 Å². The predicted molar refractivity (Wildman–Crippen MR) is 68.5 cm³/mol. The maximum absolute atomic E-state index is 13.7. The molecule has 1 saturated heterocycles. The van der Waals surface area contributed by atoms with E-state index < -0.39 is 0 Å². The average molecular weight is 236 g/mol. The third kappa shape index (κ3) is 3.05. The number of nitrogens with one attached hydrogen (secondary N) is 1. The molecule has 1 fully saturated rings. The molecule has 1 aromatic rings. The number of hydrogen-bond acceptors (Lipinski definition) is 2. The zero-order chi connectivity index (χ0) is 12.4. The van der Waals surface area contributed by atoms with Crippen LogP contribution in [0.1, 0.15) is 25.0 Å². The van der Waals surface area contributed by atoms with E-state index in [1.807, 2.05) is 19.1 Å². The topological polar surface area (TPSA) is 15.3 Å². The predicted octanol–water partition coefficient (Wildman–Crippen LogP) is 2.32. The maximum atomic E-state index is 13.7. The van der Waals surface area contributed by atoms with Crippen molar-refractivity contribution in [2.24, 2.45) is 0 Å². The lowest BCUT2D eigenvalue weighted by Gasteiger charge is -2.37. The number of halogens is 1. The van der Waals surface area contributed by atoms with Crippen molar-refractivity contribution in [1.29, 1.82) is 0 Å². The van der Waals surface area contributed by atoms with Crippen molar-refractivity contribution in [1.82, 2.24) is 10.2 Å². The summed E-state index contributed by atoms with van der Waals surface area (Å²) < 4.78 is 13.7. The van der Waals surface area contributed by atoms with Gasteiger partial charge in [0.2, 0.25) is 0 Å². The van der Waals surface area contributed by atoms with Crippen LogP contribution in [-0.2, 0) is 6.54 Å². The molecule has 0 spiro atoms. The lowest BCUT2D eigenvalue weighted by molar-refractivity contribution is 0.137. The van der Waals surface area contributed by atoms with Gasteiger partial charge in [-0.3, -0.25) is 4.90 Å². The fourth-order valence-electron chi connectivity index (χ4n) is 2.36. The molecule has 1 N–H and O–H groups in total. The van der Waals surface area contributed by atoms with Gasteiger partial charge in [0.15, 0.2) is 0 Å². The number of piperazine rings is 1. The van der Waals surface area contributed by atoms with Crippen LogP contribution in [-0.4, -0.2) is 30.1 Å². The fourth-order valence-corrected chi connectivity index (χ4v) is 2.36. The average Bonchev–Trinajstić information content (AvgIpc) is 2.28. The SMILES string of the molecule is Cc1ccc(F)c(CN2CC(C)NCC2C)c1. The van der Waals surface area contributed by atoms with Crippen LogP contribution in [0.3, 0.4) is 0 Å². The van der Waals surface area contributed by atoms with Gasteiger partial charge in [0.1, 0.15) is 5.82 Å². The van der Waals surface area contributed by atoms with Gasteiger partial charge in [0, 0.05) is 37.3 Å². The van der Waals surface area contributed by atoms with Crippen LogP contribution in [0.5, 0.6) is 0 Å². The van der Waals surface area contributed by atoms with Gasteiger partial charge in [-0.2, -0.15) is 0 Å². The largest absolute Gasteiger partial charge is 0.311 e. The summed E-state index contributed by atoms with van der Waals surface area (Å²) in [7, 11) is 0. The quantitative estimate of drug-likeness (QED) is 0.847. The van der Waals surface area contributed by atoms with Crippen molar-refractivity contribution >= 4 is 0 Å². The van der Waals surface area contributed by atoms with E-state index in [2.05, 4.69) is 24.1 Å². The van der Waals surface area contributed by atoms with Crippen molar-refractivity contribution in [3.63, 3.8) is 0 Å². The van der Waals surface area contributed by atoms with Gasteiger partial charge in [-0.15, -0.1) is 0 Å². The zero-order valence-corrected chi connectivity index (χ0v) is 10.8. The Balaban J connectivity index is 2.11. The normalized spacial score (nSPS) is 26.1. The first kappa shape index (κ1) is 12.5. The van der Waals surface area contributed by atoms with Crippen molar-refractivity contribution in [3.05, 3.63) is 35.1 Å². The van der Waals surface area contributed by atoms with Gasteiger partial charge >= 0.3 is 0 Å². The summed E-state index contributed by atoms with van der Waals surface area (Å²) in [6.07, 6.45) is 0. The summed E-state index contributed by atoms with van der Waals surface area (Å²) >= 11 is 0. The summed E-state index contributed by atoms with van der Waals surface area (Å²) in [5.41, 5.74) is 1.93. The second-order valence-electron chi connectivity index (χ2n) is 5.18. The van der Waals surface area contributed by atoms with E-state index in [1.54, 1.807) is 6.07 Å². The molecule has 2 rings (SSSR count). The van der Waals surface area contributed by atoms with Crippen LogP contribution in [0.25, 0.3) is 0 Å². The molecule has 1 aliphatic heterocycles. The van der Waals surface area contributed by atoms with E-state index in [-0.39, 0.29) is 5.82 Å². The second kappa shape index (κ2) is 5.15. The minimum Gasteiger partial charge on any atom is -0.311 e. The monoisotopic (exact) mass is 236 g/mol. The molecule has 1 aromatic carbocycles. The van der Waals surface area contributed by atoms with E-state index in [9.17, 15) is 4.39 Å². The molecule has 0 amide bonds. The Hall–Kier alpha value is -0.930. The molecule has 0 aliphatic carbocycles. The maximum Gasteiger partial charge on any atom is 0.127 e. The molecule has 0 radical (unpaired) electrons. The molecule has 3 heteroatoms. The fraction of sp³-hybridized carbons (Fsp3) is 0.571. The molecule has 2 unspecified atom stereocenters. The van der Waals surface area contributed by atoms with Gasteiger partial charge in [-0.05, 0) is 26.8 Å². The highest BCUT2D eigenvalue weighted by atomic mass is 19.1. The molecule has 2 nitrogen and oxygen atoms in total. The van der Waals surface area contributed by atoms with Crippen molar-refractivity contribution in [2.45, 2.75) is 39.4 Å². The Morgan fingerprint density at radius 1 is 1.41 bits per heavy atom. The molecular formula is C14H21FN2. The molecule has 0 saturated carbocycles. The third-order valence-electron chi connectivity index (χ3n) is 3.47. The summed E-state index contributed by atoms with van der Waals surface area (Å²) in [5, 5.41) is 3.44. The summed E-state index contributed by atoms with van der Waals surface area (Å²) in [5.74, 6) is -0.0889. The Morgan fingerprint density at radius 2 is 2.18 bits per heavy atom. The molecule has 17 heavy (non-hydrogen) atoms. The molecule has 2 atom stereocenters. The summed E-state index contributed by atoms with van der Waals surface area (Å²) in [6.45, 7) is 9.04. The van der Waals surface area contributed by atoms with Crippen LogP contribution in [0.15, 0.2) is 18.2 Å². The van der Waals surface area contributed by atoms with Gasteiger partial charge in [-0.1, -0.05) is 17.7 Å². The smallest absolute Gasteiger partial charge is 0.127 e.